The van der Waals surface area contributed by atoms with E-state index >= 15 is 0 Å². The number of rotatable bonds is 5. The Morgan fingerprint density at radius 1 is 1.33 bits per heavy atom. The lowest BCUT2D eigenvalue weighted by Gasteiger charge is -2.25. The molecule has 5 heteroatoms. The van der Waals surface area contributed by atoms with E-state index in [-0.39, 0.29) is 11.9 Å². The molecule has 1 atom stereocenters. The first-order chi connectivity index (χ1) is 8.58. The maximum atomic E-state index is 12.1. The molecule has 2 N–H and O–H groups in total. The largest absolute Gasteiger partial charge is 0.360 e. The van der Waals surface area contributed by atoms with E-state index in [1.54, 1.807) is 0 Å². The van der Waals surface area contributed by atoms with Crippen molar-refractivity contribution in [3.05, 3.63) is 0 Å². The molecular weight excluding hydrogens is 246 g/mol. The van der Waals surface area contributed by atoms with Crippen molar-refractivity contribution in [3.63, 3.8) is 0 Å². The highest BCUT2D eigenvalue weighted by atomic mass is 32.1. The zero-order valence-electron chi connectivity index (χ0n) is 11.7. The maximum absolute atomic E-state index is 12.1. The average Bonchev–Trinajstić information content (AvgIpc) is 2.82. The molecule has 1 amide bonds. The SMILES string of the molecule is CCN(CC)C(=O)C(C)NC(=S)NC1CCCC1. The van der Waals surface area contributed by atoms with Gasteiger partial charge in [-0.1, -0.05) is 12.8 Å². The number of carbonyl (C=O) groups excluding carboxylic acids is 1. The quantitative estimate of drug-likeness (QED) is 0.746. The number of hydrogen-bond acceptors (Lipinski definition) is 2. The monoisotopic (exact) mass is 271 g/mol. The molecule has 0 spiro atoms. The van der Waals surface area contributed by atoms with Crippen molar-refractivity contribution < 1.29 is 4.79 Å². The van der Waals surface area contributed by atoms with E-state index in [9.17, 15) is 4.79 Å². The van der Waals surface area contributed by atoms with Crippen molar-refractivity contribution in [3.8, 4) is 0 Å². The van der Waals surface area contributed by atoms with Crippen molar-refractivity contribution >= 4 is 23.2 Å². The molecule has 1 fully saturated rings. The predicted molar refractivity (Wildman–Crippen MR) is 78.5 cm³/mol. The van der Waals surface area contributed by atoms with Crippen LogP contribution in [-0.2, 0) is 4.79 Å². The van der Waals surface area contributed by atoms with Gasteiger partial charge in [-0.25, -0.2) is 0 Å². The summed E-state index contributed by atoms with van der Waals surface area (Å²) in [5.74, 6) is 0.107. The lowest BCUT2D eigenvalue weighted by Crippen LogP contribution is -2.51. The molecule has 0 saturated heterocycles. The van der Waals surface area contributed by atoms with Crippen LogP contribution in [0.5, 0.6) is 0 Å². The van der Waals surface area contributed by atoms with Crippen molar-refractivity contribution in [2.45, 2.75) is 58.5 Å². The van der Waals surface area contributed by atoms with Gasteiger partial charge in [0.05, 0.1) is 0 Å². The van der Waals surface area contributed by atoms with Gasteiger partial charge in [0, 0.05) is 19.1 Å². The average molecular weight is 271 g/mol. The minimum absolute atomic E-state index is 0.107. The van der Waals surface area contributed by atoms with E-state index in [2.05, 4.69) is 10.6 Å². The molecule has 1 saturated carbocycles. The van der Waals surface area contributed by atoms with Gasteiger partial charge in [0.25, 0.3) is 0 Å². The number of thiocarbonyl (C=S) groups is 1. The Labute approximate surface area is 115 Å². The van der Waals surface area contributed by atoms with E-state index in [0.29, 0.717) is 11.2 Å². The Morgan fingerprint density at radius 2 is 1.89 bits per heavy atom. The number of hydrogen-bond donors (Lipinski definition) is 2. The lowest BCUT2D eigenvalue weighted by molar-refractivity contribution is -0.132. The molecule has 0 aromatic carbocycles. The van der Waals surface area contributed by atoms with Crippen LogP contribution in [0.4, 0.5) is 0 Å². The van der Waals surface area contributed by atoms with E-state index in [4.69, 9.17) is 12.2 Å². The zero-order valence-corrected chi connectivity index (χ0v) is 12.5. The summed E-state index contributed by atoms with van der Waals surface area (Å²) in [7, 11) is 0. The third kappa shape index (κ3) is 4.44. The van der Waals surface area contributed by atoms with Gasteiger partial charge in [0.15, 0.2) is 5.11 Å². The molecule has 0 heterocycles. The van der Waals surface area contributed by atoms with Gasteiger partial charge in [-0.2, -0.15) is 0 Å². The molecule has 0 aromatic rings. The molecule has 104 valence electrons. The highest BCUT2D eigenvalue weighted by Gasteiger charge is 2.20. The molecule has 0 radical (unpaired) electrons. The van der Waals surface area contributed by atoms with Crippen LogP contribution >= 0.6 is 12.2 Å². The Morgan fingerprint density at radius 3 is 2.39 bits per heavy atom. The standard InChI is InChI=1S/C13H25N3OS/c1-4-16(5-2)12(17)10(3)14-13(18)15-11-8-6-7-9-11/h10-11H,4-9H2,1-3H3,(H2,14,15,18). The van der Waals surface area contributed by atoms with E-state index in [1.807, 2.05) is 25.7 Å². The molecule has 0 aromatic heterocycles. The summed E-state index contributed by atoms with van der Waals surface area (Å²) in [5, 5.41) is 6.98. The van der Waals surface area contributed by atoms with Gasteiger partial charge >= 0.3 is 0 Å². The summed E-state index contributed by atoms with van der Waals surface area (Å²) in [4.78, 5) is 13.9. The van der Waals surface area contributed by atoms with Gasteiger partial charge in [0.1, 0.15) is 6.04 Å². The topological polar surface area (TPSA) is 44.4 Å². The molecule has 4 nitrogen and oxygen atoms in total. The van der Waals surface area contributed by atoms with Crippen molar-refractivity contribution in [2.24, 2.45) is 0 Å². The zero-order chi connectivity index (χ0) is 13.5. The van der Waals surface area contributed by atoms with E-state index < -0.39 is 0 Å². The predicted octanol–water partition coefficient (Wildman–Crippen LogP) is 1.65. The summed E-state index contributed by atoms with van der Waals surface area (Å²) in [5.41, 5.74) is 0. The molecule has 1 aliphatic carbocycles. The molecule has 0 bridgehead atoms. The van der Waals surface area contributed by atoms with Crippen LogP contribution in [0.15, 0.2) is 0 Å². The first-order valence-electron chi connectivity index (χ1n) is 6.94. The summed E-state index contributed by atoms with van der Waals surface area (Å²) >= 11 is 5.25. The van der Waals surface area contributed by atoms with Crippen LogP contribution in [0.25, 0.3) is 0 Å². The second-order valence-corrected chi connectivity index (χ2v) is 5.24. The van der Waals surface area contributed by atoms with Gasteiger partial charge in [-0.3, -0.25) is 4.79 Å². The minimum Gasteiger partial charge on any atom is -0.360 e. The van der Waals surface area contributed by atoms with Gasteiger partial charge < -0.3 is 15.5 Å². The normalized spacial score (nSPS) is 17.3. The Balaban J connectivity index is 2.35. The van der Waals surface area contributed by atoms with Crippen molar-refractivity contribution in [1.29, 1.82) is 0 Å². The van der Waals surface area contributed by atoms with Gasteiger partial charge in [0.2, 0.25) is 5.91 Å². The molecule has 18 heavy (non-hydrogen) atoms. The molecule has 1 unspecified atom stereocenters. The molecule has 1 aliphatic rings. The lowest BCUT2D eigenvalue weighted by atomic mass is 10.2. The van der Waals surface area contributed by atoms with Gasteiger partial charge in [-0.05, 0) is 45.8 Å². The first-order valence-corrected chi connectivity index (χ1v) is 7.35. The highest BCUT2D eigenvalue weighted by Crippen LogP contribution is 2.17. The summed E-state index contributed by atoms with van der Waals surface area (Å²) < 4.78 is 0. The maximum Gasteiger partial charge on any atom is 0.244 e. The smallest absolute Gasteiger partial charge is 0.244 e. The number of nitrogens with one attached hydrogen (secondary N) is 2. The second kappa shape index (κ2) is 7.56. The third-order valence-corrected chi connectivity index (χ3v) is 3.72. The van der Waals surface area contributed by atoms with E-state index in [1.165, 1.54) is 25.7 Å². The van der Waals surface area contributed by atoms with Crippen LogP contribution < -0.4 is 10.6 Å². The Bertz CT molecular complexity index is 286. The number of likely N-dealkylation sites (N-methyl/N-ethyl adjacent to an activating group) is 1. The van der Waals surface area contributed by atoms with E-state index in [0.717, 1.165) is 13.1 Å². The minimum atomic E-state index is -0.258. The first kappa shape index (κ1) is 15.2. The molecule has 1 rings (SSSR count). The molecule has 0 aliphatic heterocycles. The van der Waals surface area contributed by atoms with Crippen LogP contribution in [0.3, 0.4) is 0 Å². The van der Waals surface area contributed by atoms with Crippen molar-refractivity contribution in [2.75, 3.05) is 13.1 Å². The fourth-order valence-corrected chi connectivity index (χ4v) is 2.71. The summed E-state index contributed by atoms with van der Waals surface area (Å²) in [6.07, 6.45) is 4.91. The highest BCUT2D eigenvalue weighted by molar-refractivity contribution is 7.80. The number of amides is 1. The van der Waals surface area contributed by atoms with Crippen LogP contribution in [0.1, 0.15) is 46.5 Å². The van der Waals surface area contributed by atoms with Crippen molar-refractivity contribution in [1.82, 2.24) is 15.5 Å². The summed E-state index contributed by atoms with van der Waals surface area (Å²) in [6, 6.07) is 0.229. The van der Waals surface area contributed by atoms with Crippen LogP contribution in [0.2, 0.25) is 0 Å². The fraction of sp³-hybridized carbons (Fsp3) is 0.846. The summed E-state index contributed by atoms with van der Waals surface area (Å²) in [6.45, 7) is 7.32. The molecular formula is C13H25N3OS. The van der Waals surface area contributed by atoms with Crippen LogP contribution in [-0.4, -0.2) is 41.1 Å². The Kier molecular flexibility index (Phi) is 6.39. The third-order valence-electron chi connectivity index (χ3n) is 3.48. The Hall–Kier alpha value is -0.840. The fourth-order valence-electron chi connectivity index (χ4n) is 2.36. The second-order valence-electron chi connectivity index (χ2n) is 4.83. The number of carbonyl (C=O) groups is 1. The van der Waals surface area contributed by atoms with Gasteiger partial charge in [-0.15, -0.1) is 0 Å². The van der Waals surface area contributed by atoms with Crippen LogP contribution in [0, 0.1) is 0 Å². The number of nitrogens with zero attached hydrogens (tertiary/aromatic N) is 1.